The Morgan fingerprint density at radius 2 is 1.90 bits per heavy atom. The summed E-state index contributed by atoms with van der Waals surface area (Å²) in [6, 6.07) is 9.63. The molecule has 7 heteroatoms. The zero-order valence-electron chi connectivity index (χ0n) is 16.9. The molecule has 152 valence electrons. The van der Waals surface area contributed by atoms with Gasteiger partial charge in [-0.05, 0) is 54.2 Å². The first-order chi connectivity index (χ1) is 13.9. The van der Waals surface area contributed by atoms with Crippen LogP contribution in [0.3, 0.4) is 0 Å². The monoisotopic (exact) mass is 411 g/mol. The molecule has 2 atom stereocenters. The molecule has 1 aliphatic heterocycles. The second-order valence-corrected chi connectivity index (χ2v) is 9.03. The van der Waals surface area contributed by atoms with E-state index in [9.17, 15) is 9.59 Å². The van der Waals surface area contributed by atoms with Gasteiger partial charge in [-0.1, -0.05) is 13.8 Å². The Hall–Kier alpha value is -2.67. The second kappa shape index (κ2) is 7.99. The van der Waals surface area contributed by atoms with Crippen LogP contribution in [-0.4, -0.2) is 40.6 Å². The van der Waals surface area contributed by atoms with Crippen molar-refractivity contribution in [1.29, 1.82) is 0 Å². The van der Waals surface area contributed by atoms with Crippen LogP contribution in [0, 0.1) is 11.8 Å². The van der Waals surface area contributed by atoms with Gasteiger partial charge in [0.2, 0.25) is 5.91 Å². The molecule has 0 spiro atoms. The van der Waals surface area contributed by atoms with E-state index in [2.05, 4.69) is 18.8 Å². The molecule has 3 heterocycles. The highest BCUT2D eigenvalue weighted by atomic mass is 32.1. The van der Waals surface area contributed by atoms with Crippen LogP contribution in [0.4, 0.5) is 0 Å². The number of hydrogen-bond acceptors (Lipinski definition) is 5. The van der Waals surface area contributed by atoms with Crippen LogP contribution in [0.25, 0.3) is 20.7 Å². The van der Waals surface area contributed by atoms with Gasteiger partial charge in [-0.15, -0.1) is 11.3 Å². The molecule has 1 amide bonds. The molecule has 1 aliphatic rings. The van der Waals surface area contributed by atoms with Crippen LogP contribution in [0.1, 0.15) is 20.3 Å². The Kier molecular flexibility index (Phi) is 5.41. The quantitative estimate of drug-likeness (QED) is 0.658. The summed E-state index contributed by atoms with van der Waals surface area (Å²) in [4.78, 5) is 33.0. The van der Waals surface area contributed by atoms with Crippen molar-refractivity contribution >= 4 is 27.5 Å². The van der Waals surface area contributed by atoms with E-state index in [-0.39, 0.29) is 18.0 Å². The van der Waals surface area contributed by atoms with Crippen molar-refractivity contribution in [3.8, 4) is 16.2 Å². The van der Waals surface area contributed by atoms with Crippen molar-refractivity contribution in [1.82, 2.24) is 14.5 Å². The molecular weight excluding hydrogens is 386 g/mol. The summed E-state index contributed by atoms with van der Waals surface area (Å²) in [5.41, 5.74) is 1.51. The third-order valence-electron chi connectivity index (χ3n) is 5.41. The molecule has 0 unspecified atom stereocenters. The van der Waals surface area contributed by atoms with E-state index in [0.29, 0.717) is 22.1 Å². The number of carbonyl (C=O) groups is 1. The van der Waals surface area contributed by atoms with Crippen molar-refractivity contribution in [3.63, 3.8) is 0 Å². The molecule has 2 aromatic heterocycles. The van der Waals surface area contributed by atoms with E-state index in [1.165, 1.54) is 22.2 Å². The first kappa shape index (κ1) is 19.6. The number of carbonyl (C=O) groups excluding carboxylic acids is 1. The Morgan fingerprint density at radius 3 is 2.55 bits per heavy atom. The highest BCUT2D eigenvalue weighted by Crippen LogP contribution is 2.31. The summed E-state index contributed by atoms with van der Waals surface area (Å²) in [7, 11) is 1.63. The highest BCUT2D eigenvalue weighted by molar-refractivity contribution is 7.22. The Labute approximate surface area is 173 Å². The summed E-state index contributed by atoms with van der Waals surface area (Å²) in [5.74, 6) is 1.75. The average molecular weight is 412 g/mol. The van der Waals surface area contributed by atoms with Crippen LogP contribution >= 0.6 is 11.3 Å². The number of benzene rings is 1. The SMILES string of the molecule is COc1ccc(-c2cc3ncn(CC(=O)N4C[C@@H](C)C[C@H](C)C4)c(=O)c3s2)cc1. The number of fused-ring (bicyclic) bond motifs is 1. The molecule has 1 saturated heterocycles. The molecule has 3 aromatic rings. The molecule has 0 bridgehead atoms. The molecule has 0 aliphatic carbocycles. The second-order valence-electron chi connectivity index (χ2n) is 7.98. The van der Waals surface area contributed by atoms with Gasteiger partial charge in [-0.2, -0.15) is 0 Å². The minimum absolute atomic E-state index is 0.0152. The van der Waals surface area contributed by atoms with Gasteiger partial charge in [0.05, 0.1) is 19.0 Å². The lowest BCUT2D eigenvalue weighted by molar-refractivity contribution is -0.134. The number of amides is 1. The predicted octanol–water partition coefficient (Wildman–Crippen LogP) is 3.64. The van der Waals surface area contributed by atoms with E-state index in [0.717, 1.165) is 35.7 Å². The van der Waals surface area contributed by atoms with Gasteiger partial charge < -0.3 is 9.64 Å². The van der Waals surface area contributed by atoms with E-state index in [1.807, 2.05) is 35.2 Å². The predicted molar refractivity (Wildman–Crippen MR) is 115 cm³/mol. The first-order valence-corrected chi connectivity index (χ1v) is 10.7. The van der Waals surface area contributed by atoms with Crippen LogP contribution in [-0.2, 0) is 11.3 Å². The van der Waals surface area contributed by atoms with Gasteiger partial charge in [0.1, 0.15) is 17.0 Å². The van der Waals surface area contributed by atoms with Crippen LogP contribution in [0.15, 0.2) is 41.5 Å². The van der Waals surface area contributed by atoms with Crippen molar-refractivity contribution < 1.29 is 9.53 Å². The molecular formula is C22H25N3O3S. The lowest BCUT2D eigenvalue weighted by Gasteiger charge is -2.35. The number of hydrogen-bond donors (Lipinski definition) is 0. The summed E-state index contributed by atoms with van der Waals surface area (Å²) in [5, 5.41) is 0. The van der Waals surface area contributed by atoms with Crippen LogP contribution in [0.5, 0.6) is 5.75 Å². The van der Waals surface area contributed by atoms with E-state index >= 15 is 0 Å². The van der Waals surface area contributed by atoms with Gasteiger partial charge in [0.15, 0.2) is 0 Å². The molecule has 29 heavy (non-hydrogen) atoms. The zero-order valence-corrected chi connectivity index (χ0v) is 17.7. The van der Waals surface area contributed by atoms with Gasteiger partial charge in [0, 0.05) is 18.0 Å². The summed E-state index contributed by atoms with van der Waals surface area (Å²) in [6.45, 7) is 5.89. The Balaban J connectivity index is 1.59. The number of piperidine rings is 1. The minimum Gasteiger partial charge on any atom is -0.497 e. The van der Waals surface area contributed by atoms with Gasteiger partial charge >= 0.3 is 0 Å². The first-order valence-electron chi connectivity index (χ1n) is 9.85. The fourth-order valence-electron chi connectivity index (χ4n) is 4.07. The summed E-state index contributed by atoms with van der Waals surface area (Å²) in [6.07, 6.45) is 2.63. The molecule has 0 radical (unpaired) electrons. The number of methoxy groups -OCH3 is 1. The number of rotatable bonds is 4. The van der Waals surface area contributed by atoms with Crippen LogP contribution in [0.2, 0.25) is 0 Å². The van der Waals surface area contributed by atoms with Crippen molar-refractivity contribution in [2.45, 2.75) is 26.8 Å². The number of aromatic nitrogens is 2. The maximum atomic E-state index is 13.0. The number of ether oxygens (including phenoxy) is 1. The lowest BCUT2D eigenvalue weighted by Crippen LogP contribution is -2.44. The largest absolute Gasteiger partial charge is 0.497 e. The third-order valence-corrected chi connectivity index (χ3v) is 6.57. The normalized spacial score (nSPS) is 19.5. The smallest absolute Gasteiger partial charge is 0.271 e. The Morgan fingerprint density at radius 1 is 1.21 bits per heavy atom. The minimum atomic E-state index is -0.161. The molecule has 1 fully saturated rings. The molecule has 4 rings (SSSR count). The standard InChI is InChI=1S/C22H25N3O3S/c1-14-8-15(2)11-24(10-14)20(26)12-25-13-23-18-9-19(29-21(18)22(25)27)16-4-6-17(28-3)7-5-16/h4-7,9,13-15H,8,10-12H2,1-3H3/t14-,15-/m0/s1. The van der Waals surface area contributed by atoms with E-state index in [4.69, 9.17) is 4.74 Å². The summed E-state index contributed by atoms with van der Waals surface area (Å²) < 4.78 is 7.21. The fourth-order valence-corrected chi connectivity index (χ4v) is 5.13. The summed E-state index contributed by atoms with van der Waals surface area (Å²) >= 11 is 1.41. The number of nitrogens with zero attached hydrogens (tertiary/aromatic N) is 3. The average Bonchev–Trinajstić information content (AvgIpc) is 3.14. The van der Waals surface area contributed by atoms with Crippen molar-refractivity contribution in [2.24, 2.45) is 11.8 Å². The number of likely N-dealkylation sites (tertiary alicyclic amines) is 1. The Bertz CT molecular complexity index is 1080. The zero-order chi connectivity index (χ0) is 20.5. The molecule has 0 N–H and O–H groups in total. The topological polar surface area (TPSA) is 64.4 Å². The van der Waals surface area contributed by atoms with Gasteiger partial charge in [-0.3, -0.25) is 14.2 Å². The third kappa shape index (κ3) is 4.05. The van der Waals surface area contributed by atoms with Gasteiger partial charge in [-0.25, -0.2) is 4.98 Å². The maximum Gasteiger partial charge on any atom is 0.271 e. The van der Waals surface area contributed by atoms with Crippen molar-refractivity contribution in [2.75, 3.05) is 20.2 Å². The fraction of sp³-hybridized carbons (Fsp3) is 0.409. The maximum absolute atomic E-state index is 13.0. The van der Waals surface area contributed by atoms with Crippen molar-refractivity contribution in [3.05, 3.63) is 47.0 Å². The number of thiophene rings is 1. The van der Waals surface area contributed by atoms with E-state index < -0.39 is 0 Å². The van der Waals surface area contributed by atoms with Crippen LogP contribution < -0.4 is 10.3 Å². The van der Waals surface area contributed by atoms with E-state index in [1.54, 1.807) is 7.11 Å². The molecule has 0 saturated carbocycles. The molecule has 1 aromatic carbocycles. The highest BCUT2D eigenvalue weighted by Gasteiger charge is 2.25. The lowest BCUT2D eigenvalue weighted by atomic mass is 9.92. The van der Waals surface area contributed by atoms with Gasteiger partial charge in [0.25, 0.3) is 5.56 Å². The molecule has 6 nitrogen and oxygen atoms in total.